The molecule has 1 aliphatic heterocycles. The SMILES string of the molecule is CS(=O)(=O)N1CCN(c2ccc(B(O)O)cc2)CC1. The van der Waals surface area contributed by atoms with Crippen molar-refractivity contribution in [3.63, 3.8) is 0 Å². The van der Waals surface area contributed by atoms with E-state index in [-0.39, 0.29) is 0 Å². The van der Waals surface area contributed by atoms with Crippen LogP contribution in [0.5, 0.6) is 0 Å². The monoisotopic (exact) mass is 284 g/mol. The molecule has 8 heteroatoms. The van der Waals surface area contributed by atoms with Crippen LogP contribution in [0.3, 0.4) is 0 Å². The van der Waals surface area contributed by atoms with Crippen molar-refractivity contribution in [3.05, 3.63) is 24.3 Å². The van der Waals surface area contributed by atoms with E-state index in [0.29, 0.717) is 31.6 Å². The van der Waals surface area contributed by atoms with Crippen LogP contribution in [0.1, 0.15) is 0 Å². The topological polar surface area (TPSA) is 81.1 Å². The molecule has 0 spiro atoms. The van der Waals surface area contributed by atoms with Crippen molar-refractivity contribution in [1.82, 2.24) is 4.31 Å². The van der Waals surface area contributed by atoms with Gasteiger partial charge in [-0.2, -0.15) is 4.31 Å². The van der Waals surface area contributed by atoms with E-state index in [9.17, 15) is 8.42 Å². The van der Waals surface area contributed by atoms with Crippen molar-refractivity contribution in [1.29, 1.82) is 0 Å². The normalized spacial score (nSPS) is 17.5. The molecular formula is C11H17BN2O4S. The van der Waals surface area contributed by atoms with Gasteiger partial charge in [-0.25, -0.2) is 8.42 Å². The molecule has 0 radical (unpaired) electrons. The molecule has 0 bridgehead atoms. The number of nitrogens with zero attached hydrogens (tertiary/aromatic N) is 2. The van der Waals surface area contributed by atoms with E-state index in [1.807, 2.05) is 12.1 Å². The Labute approximate surface area is 113 Å². The third-order valence-electron chi connectivity index (χ3n) is 3.26. The van der Waals surface area contributed by atoms with E-state index in [0.717, 1.165) is 5.69 Å². The standard InChI is InChI=1S/C11H17BN2O4S/c1-19(17,18)14-8-6-13(7-9-14)11-4-2-10(3-5-11)12(15)16/h2-5,15-16H,6-9H2,1H3. The Morgan fingerprint density at radius 1 is 1.05 bits per heavy atom. The number of hydrogen-bond acceptors (Lipinski definition) is 5. The minimum absolute atomic E-state index is 0.443. The maximum absolute atomic E-state index is 11.4. The Bertz CT molecular complexity index is 524. The highest BCUT2D eigenvalue weighted by atomic mass is 32.2. The molecule has 1 saturated heterocycles. The molecule has 2 N–H and O–H groups in total. The van der Waals surface area contributed by atoms with Crippen LogP contribution in [0.25, 0.3) is 0 Å². The van der Waals surface area contributed by atoms with Crippen LogP contribution in [-0.2, 0) is 10.0 Å². The fourth-order valence-corrected chi connectivity index (χ4v) is 2.96. The minimum atomic E-state index is -3.11. The highest BCUT2D eigenvalue weighted by molar-refractivity contribution is 7.88. The van der Waals surface area contributed by atoms with Gasteiger partial charge in [0, 0.05) is 31.9 Å². The van der Waals surface area contributed by atoms with E-state index < -0.39 is 17.1 Å². The molecule has 2 rings (SSSR count). The fraction of sp³-hybridized carbons (Fsp3) is 0.455. The second kappa shape index (κ2) is 5.50. The first kappa shape index (κ1) is 14.3. The zero-order valence-electron chi connectivity index (χ0n) is 10.7. The molecule has 0 aromatic heterocycles. The van der Waals surface area contributed by atoms with Gasteiger partial charge in [-0.3, -0.25) is 0 Å². The van der Waals surface area contributed by atoms with Crippen LogP contribution in [0, 0.1) is 0 Å². The van der Waals surface area contributed by atoms with E-state index >= 15 is 0 Å². The molecule has 0 atom stereocenters. The van der Waals surface area contributed by atoms with Gasteiger partial charge in [-0.1, -0.05) is 12.1 Å². The van der Waals surface area contributed by atoms with Crippen molar-refractivity contribution in [2.24, 2.45) is 0 Å². The fourth-order valence-electron chi connectivity index (χ4n) is 2.14. The zero-order valence-corrected chi connectivity index (χ0v) is 11.5. The summed E-state index contributed by atoms with van der Waals surface area (Å²) in [5, 5.41) is 18.0. The van der Waals surface area contributed by atoms with Crippen molar-refractivity contribution in [3.8, 4) is 0 Å². The van der Waals surface area contributed by atoms with Gasteiger partial charge in [0.25, 0.3) is 0 Å². The molecule has 0 amide bonds. The van der Waals surface area contributed by atoms with Crippen molar-refractivity contribution < 1.29 is 18.5 Å². The Hall–Kier alpha value is -1.09. The first-order chi connectivity index (χ1) is 8.88. The van der Waals surface area contributed by atoms with E-state index in [4.69, 9.17) is 10.0 Å². The van der Waals surface area contributed by atoms with Crippen LogP contribution in [0.15, 0.2) is 24.3 Å². The van der Waals surface area contributed by atoms with Crippen molar-refractivity contribution in [2.75, 3.05) is 37.3 Å². The third-order valence-corrected chi connectivity index (χ3v) is 4.57. The molecule has 104 valence electrons. The molecule has 1 heterocycles. The highest BCUT2D eigenvalue weighted by Crippen LogP contribution is 2.16. The van der Waals surface area contributed by atoms with Crippen LogP contribution in [0.4, 0.5) is 5.69 Å². The summed E-state index contributed by atoms with van der Waals surface area (Å²) in [4.78, 5) is 2.08. The van der Waals surface area contributed by atoms with Gasteiger partial charge in [0.1, 0.15) is 0 Å². The summed E-state index contributed by atoms with van der Waals surface area (Å²) in [5.41, 5.74) is 1.40. The lowest BCUT2D eigenvalue weighted by molar-refractivity contribution is 0.388. The largest absolute Gasteiger partial charge is 0.488 e. The summed E-state index contributed by atoms with van der Waals surface area (Å²) in [6, 6.07) is 6.93. The molecule has 1 aromatic carbocycles. The molecule has 6 nitrogen and oxygen atoms in total. The molecule has 1 aliphatic rings. The molecular weight excluding hydrogens is 267 g/mol. The van der Waals surface area contributed by atoms with E-state index in [1.165, 1.54) is 10.6 Å². The second-order valence-electron chi connectivity index (χ2n) is 4.61. The number of hydrogen-bond donors (Lipinski definition) is 2. The van der Waals surface area contributed by atoms with Gasteiger partial charge in [0.2, 0.25) is 10.0 Å². The van der Waals surface area contributed by atoms with Gasteiger partial charge in [-0.05, 0) is 17.6 Å². The maximum atomic E-state index is 11.4. The lowest BCUT2D eigenvalue weighted by Crippen LogP contribution is -2.48. The number of anilines is 1. The summed E-state index contributed by atoms with van der Waals surface area (Å²) in [6.45, 7) is 2.22. The van der Waals surface area contributed by atoms with Gasteiger partial charge < -0.3 is 14.9 Å². The summed E-state index contributed by atoms with van der Waals surface area (Å²) in [5.74, 6) is 0. The van der Waals surface area contributed by atoms with Gasteiger partial charge >= 0.3 is 7.12 Å². The number of sulfonamides is 1. The predicted octanol–water partition coefficient (Wildman–Crippen LogP) is -1.55. The molecule has 1 fully saturated rings. The average molecular weight is 284 g/mol. The smallest absolute Gasteiger partial charge is 0.423 e. The predicted molar refractivity (Wildman–Crippen MR) is 74.9 cm³/mol. The molecule has 19 heavy (non-hydrogen) atoms. The lowest BCUT2D eigenvalue weighted by atomic mass is 9.80. The van der Waals surface area contributed by atoms with Gasteiger partial charge in [-0.15, -0.1) is 0 Å². The second-order valence-corrected chi connectivity index (χ2v) is 6.60. The molecule has 0 saturated carbocycles. The summed E-state index contributed by atoms with van der Waals surface area (Å²) in [7, 11) is -4.57. The van der Waals surface area contributed by atoms with E-state index in [2.05, 4.69) is 4.90 Å². The van der Waals surface area contributed by atoms with Crippen LogP contribution in [0.2, 0.25) is 0 Å². The Kier molecular flexibility index (Phi) is 4.15. The van der Waals surface area contributed by atoms with Crippen molar-refractivity contribution in [2.45, 2.75) is 0 Å². The quantitative estimate of drug-likeness (QED) is 0.657. The summed E-state index contributed by atoms with van der Waals surface area (Å²) in [6.07, 6.45) is 1.22. The number of piperazine rings is 1. The Morgan fingerprint density at radius 3 is 2.00 bits per heavy atom. The van der Waals surface area contributed by atoms with Crippen LogP contribution in [-0.4, -0.2) is 62.3 Å². The third kappa shape index (κ3) is 3.47. The van der Waals surface area contributed by atoms with Crippen LogP contribution >= 0.6 is 0 Å². The minimum Gasteiger partial charge on any atom is -0.423 e. The highest BCUT2D eigenvalue weighted by Gasteiger charge is 2.23. The zero-order chi connectivity index (χ0) is 14.0. The summed E-state index contributed by atoms with van der Waals surface area (Å²) >= 11 is 0. The molecule has 0 aliphatic carbocycles. The number of benzene rings is 1. The lowest BCUT2D eigenvalue weighted by Gasteiger charge is -2.34. The average Bonchev–Trinajstić information content (AvgIpc) is 2.38. The van der Waals surface area contributed by atoms with Gasteiger partial charge in [0.05, 0.1) is 6.26 Å². The Morgan fingerprint density at radius 2 is 1.58 bits per heavy atom. The maximum Gasteiger partial charge on any atom is 0.488 e. The van der Waals surface area contributed by atoms with Gasteiger partial charge in [0.15, 0.2) is 0 Å². The number of rotatable bonds is 3. The first-order valence-electron chi connectivity index (χ1n) is 6.04. The molecule has 1 aromatic rings. The van der Waals surface area contributed by atoms with Crippen molar-refractivity contribution >= 4 is 28.3 Å². The summed E-state index contributed by atoms with van der Waals surface area (Å²) < 4.78 is 24.3. The van der Waals surface area contributed by atoms with E-state index in [1.54, 1.807) is 12.1 Å². The molecule has 0 unspecified atom stereocenters. The Balaban J connectivity index is 2.02. The van der Waals surface area contributed by atoms with Crippen LogP contribution < -0.4 is 10.4 Å². The first-order valence-corrected chi connectivity index (χ1v) is 7.89.